The third-order valence-electron chi connectivity index (χ3n) is 4.57. The lowest BCUT2D eigenvalue weighted by atomic mass is 10.1. The number of rotatable bonds is 6. The Morgan fingerprint density at radius 2 is 2.20 bits per heavy atom. The molecule has 3 rings (SSSR count). The Balaban J connectivity index is 1.57. The van der Waals surface area contributed by atoms with E-state index in [-0.39, 0.29) is 12.1 Å². The summed E-state index contributed by atoms with van der Waals surface area (Å²) in [6.07, 6.45) is 5.34. The molecule has 1 unspecified atom stereocenters. The van der Waals surface area contributed by atoms with Crippen molar-refractivity contribution < 1.29 is 13.7 Å². The summed E-state index contributed by atoms with van der Waals surface area (Å²) >= 11 is 0. The summed E-state index contributed by atoms with van der Waals surface area (Å²) in [5.41, 5.74) is 0.744. The van der Waals surface area contributed by atoms with Crippen molar-refractivity contribution in [3.8, 4) is 0 Å². The fourth-order valence-corrected chi connectivity index (χ4v) is 3.25. The van der Waals surface area contributed by atoms with Crippen LogP contribution in [0.25, 0.3) is 0 Å². The number of urea groups is 1. The van der Waals surface area contributed by atoms with Crippen molar-refractivity contribution in [2.45, 2.75) is 38.8 Å². The Kier molecular flexibility index (Phi) is 5.75. The van der Waals surface area contributed by atoms with E-state index in [1.165, 1.54) is 19.3 Å². The standard InChI is InChI=1S/C18H26N4O3/c1-14-11-15(20-25-14)13-21(2)18(23)19-12-16(17-7-6-10-24-17)22-8-4-3-5-9-22/h6-7,10-11,16H,3-5,8-9,12-13H2,1-2H3,(H,19,23). The summed E-state index contributed by atoms with van der Waals surface area (Å²) in [6, 6.07) is 5.65. The molecule has 7 nitrogen and oxygen atoms in total. The highest BCUT2D eigenvalue weighted by atomic mass is 16.5. The highest BCUT2D eigenvalue weighted by Gasteiger charge is 2.25. The van der Waals surface area contributed by atoms with Gasteiger partial charge in [-0.15, -0.1) is 0 Å². The van der Waals surface area contributed by atoms with Gasteiger partial charge in [0.2, 0.25) is 0 Å². The van der Waals surface area contributed by atoms with Crippen LogP contribution >= 0.6 is 0 Å². The lowest BCUT2D eigenvalue weighted by molar-refractivity contribution is 0.140. The molecule has 2 aromatic rings. The van der Waals surface area contributed by atoms with E-state index in [1.807, 2.05) is 25.1 Å². The Morgan fingerprint density at radius 3 is 2.84 bits per heavy atom. The van der Waals surface area contributed by atoms with Gasteiger partial charge in [-0.05, 0) is 45.0 Å². The van der Waals surface area contributed by atoms with Crippen LogP contribution in [0.3, 0.4) is 0 Å². The van der Waals surface area contributed by atoms with Crippen LogP contribution in [0.2, 0.25) is 0 Å². The van der Waals surface area contributed by atoms with Crippen molar-refractivity contribution >= 4 is 6.03 Å². The van der Waals surface area contributed by atoms with Crippen molar-refractivity contribution in [1.29, 1.82) is 0 Å². The molecule has 1 aliphatic rings. The van der Waals surface area contributed by atoms with Gasteiger partial charge in [-0.25, -0.2) is 4.79 Å². The number of amides is 2. The average molecular weight is 346 g/mol. The van der Waals surface area contributed by atoms with Gasteiger partial charge in [-0.3, -0.25) is 4.90 Å². The molecule has 0 spiro atoms. The van der Waals surface area contributed by atoms with Crippen LogP contribution in [-0.2, 0) is 6.54 Å². The number of hydrogen-bond acceptors (Lipinski definition) is 5. The van der Waals surface area contributed by atoms with Gasteiger partial charge in [0.25, 0.3) is 0 Å². The predicted molar refractivity (Wildman–Crippen MR) is 93.0 cm³/mol. The fourth-order valence-electron chi connectivity index (χ4n) is 3.25. The maximum absolute atomic E-state index is 12.4. The first-order valence-electron chi connectivity index (χ1n) is 8.82. The van der Waals surface area contributed by atoms with Gasteiger partial charge >= 0.3 is 6.03 Å². The van der Waals surface area contributed by atoms with Gasteiger partial charge in [0.1, 0.15) is 17.2 Å². The first-order chi connectivity index (χ1) is 12.1. The number of likely N-dealkylation sites (tertiary alicyclic amines) is 1. The Morgan fingerprint density at radius 1 is 1.40 bits per heavy atom. The van der Waals surface area contributed by atoms with E-state index in [9.17, 15) is 4.79 Å². The fraction of sp³-hybridized carbons (Fsp3) is 0.556. The van der Waals surface area contributed by atoms with E-state index < -0.39 is 0 Å². The molecule has 0 bridgehead atoms. The molecule has 136 valence electrons. The predicted octanol–water partition coefficient (Wildman–Crippen LogP) is 2.94. The molecule has 1 atom stereocenters. The second kappa shape index (κ2) is 8.20. The molecule has 1 fully saturated rings. The smallest absolute Gasteiger partial charge is 0.317 e. The second-order valence-electron chi connectivity index (χ2n) is 6.60. The van der Waals surface area contributed by atoms with Gasteiger partial charge in [0.15, 0.2) is 0 Å². The molecule has 2 amide bonds. The molecule has 0 radical (unpaired) electrons. The molecule has 25 heavy (non-hydrogen) atoms. The van der Waals surface area contributed by atoms with Crippen molar-refractivity contribution in [1.82, 2.24) is 20.3 Å². The number of carbonyl (C=O) groups is 1. The summed E-state index contributed by atoms with van der Waals surface area (Å²) in [5, 5.41) is 6.95. The molecule has 1 N–H and O–H groups in total. The molecule has 1 saturated heterocycles. The molecule has 0 aromatic carbocycles. The molecular weight excluding hydrogens is 320 g/mol. The largest absolute Gasteiger partial charge is 0.468 e. The highest BCUT2D eigenvalue weighted by molar-refractivity contribution is 5.73. The number of hydrogen-bond donors (Lipinski definition) is 1. The number of nitrogens with one attached hydrogen (secondary N) is 1. The minimum atomic E-state index is -0.130. The van der Waals surface area contributed by atoms with Crippen molar-refractivity contribution in [3.05, 3.63) is 41.7 Å². The molecule has 2 aromatic heterocycles. The minimum absolute atomic E-state index is 0.0712. The van der Waals surface area contributed by atoms with E-state index in [0.29, 0.717) is 13.1 Å². The first kappa shape index (κ1) is 17.5. The van der Waals surface area contributed by atoms with Gasteiger partial charge in [-0.2, -0.15) is 0 Å². The van der Waals surface area contributed by atoms with E-state index >= 15 is 0 Å². The maximum Gasteiger partial charge on any atom is 0.317 e. The summed E-state index contributed by atoms with van der Waals surface area (Å²) in [6.45, 7) is 4.85. The number of piperidine rings is 1. The number of aromatic nitrogens is 1. The maximum atomic E-state index is 12.4. The normalized spacial score (nSPS) is 16.6. The SMILES string of the molecule is Cc1cc(CN(C)C(=O)NCC(c2ccco2)N2CCCCC2)no1. The van der Waals surface area contributed by atoms with Crippen LogP contribution in [0, 0.1) is 6.92 Å². The summed E-state index contributed by atoms with van der Waals surface area (Å²) in [4.78, 5) is 16.4. The van der Waals surface area contributed by atoms with Crippen LogP contribution in [-0.4, -0.2) is 47.7 Å². The lowest BCUT2D eigenvalue weighted by Gasteiger charge is -2.33. The van der Waals surface area contributed by atoms with Crippen LogP contribution in [0.4, 0.5) is 4.79 Å². The minimum Gasteiger partial charge on any atom is -0.468 e. The number of furan rings is 1. The first-order valence-corrected chi connectivity index (χ1v) is 8.82. The Bertz CT molecular complexity index is 662. The molecular formula is C18H26N4O3. The van der Waals surface area contributed by atoms with Crippen LogP contribution in [0.15, 0.2) is 33.4 Å². The number of aryl methyl sites for hydroxylation is 1. The molecule has 0 saturated carbocycles. The summed E-state index contributed by atoms with van der Waals surface area (Å²) < 4.78 is 10.7. The lowest BCUT2D eigenvalue weighted by Crippen LogP contribution is -2.44. The zero-order valence-corrected chi connectivity index (χ0v) is 14.9. The highest BCUT2D eigenvalue weighted by Crippen LogP contribution is 2.24. The van der Waals surface area contributed by atoms with Gasteiger partial charge in [0, 0.05) is 19.7 Å². The van der Waals surface area contributed by atoms with Crippen LogP contribution in [0.5, 0.6) is 0 Å². The quantitative estimate of drug-likeness (QED) is 0.870. The Hall–Kier alpha value is -2.28. The average Bonchev–Trinajstić information content (AvgIpc) is 3.28. The van der Waals surface area contributed by atoms with E-state index in [2.05, 4.69) is 15.4 Å². The second-order valence-corrected chi connectivity index (χ2v) is 6.60. The third-order valence-corrected chi connectivity index (χ3v) is 4.57. The van der Waals surface area contributed by atoms with Crippen LogP contribution < -0.4 is 5.32 Å². The number of nitrogens with zero attached hydrogens (tertiary/aromatic N) is 3. The van der Waals surface area contributed by atoms with E-state index in [4.69, 9.17) is 8.94 Å². The van der Waals surface area contributed by atoms with Crippen LogP contribution in [0.1, 0.15) is 42.5 Å². The topological polar surface area (TPSA) is 74.8 Å². The number of carbonyl (C=O) groups excluding carboxylic acids is 1. The third kappa shape index (κ3) is 4.63. The summed E-state index contributed by atoms with van der Waals surface area (Å²) in [5.74, 6) is 1.64. The monoisotopic (exact) mass is 346 g/mol. The zero-order chi connectivity index (χ0) is 17.6. The van der Waals surface area contributed by atoms with E-state index in [0.717, 1.165) is 30.3 Å². The van der Waals surface area contributed by atoms with Crippen molar-refractivity contribution in [2.24, 2.45) is 0 Å². The van der Waals surface area contributed by atoms with Crippen molar-refractivity contribution in [3.63, 3.8) is 0 Å². The molecule has 7 heteroatoms. The van der Waals surface area contributed by atoms with Crippen molar-refractivity contribution in [2.75, 3.05) is 26.7 Å². The summed E-state index contributed by atoms with van der Waals surface area (Å²) in [7, 11) is 1.75. The van der Waals surface area contributed by atoms with Gasteiger partial charge in [-0.1, -0.05) is 11.6 Å². The molecule has 0 aliphatic carbocycles. The van der Waals surface area contributed by atoms with Gasteiger partial charge < -0.3 is 19.2 Å². The van der Waals surface area contributed by atoms with E-state index in [1.54, 1.807) is 18.2 Å². The molecule has 3 heterocycles. The Labute approximate surface area is 147 Å². The molecule has 1 aliphatic heterocycles. The van der Waals surface area contributed by atoms with Gasteiger partial charge in [0.05, 0.1) is 18.8 Å². The zero-order valence-electron chi connectivity index (χ0n) is 14.9.